The van der Waals surface area contributed by atoms with E-state index in [0.29, 0.717) is 17.0 Å². The Morgan fingerprint density at radius 2 is 1.82 bits per heavy atom. The summed E-state index contributed by atoms with van der Waals surface area (Å²) in [7, 11) is 1.30. The van der Waals surface area contributed by atoms with E-state index in [4.69, 9.17) is 21.1 Å². The van der Waals surface area contributed by atoms with Crippen LogP contribution >= 0.6 is 11.6 Å². The summed E-state index contributed by atoms with van der Waals surface area (Å²) < 4.78 is 10.2. The zero-order valence-electron chi connectivity index (χ0n) is 18.3. The number of nitro groups is 1. The van der Waals surface area contributed by atoms with Gasteiger partial charge in [-0.15, -0.1) is 0 Å². The number of halogens is 1. The predicted octanol–water partition coefficient (Wildman–Crippen LogP) is 3.58. The number of methoxy groups -OCH3 is 1. The Labute approximate surface area is 195 Å². The molecule has 0 unspecified atom stereocenters. The second-order valence-electron chi connectivity index (χ2n) is 7.14. The van der Waals surface area contributed by atoms with Crippen LogP contribution in [0.1, 0.15) is 30.6 Å². The quantitative estimate of drug-likeness (QED) is 0.303. The highest BCUT2D eigenvalue weighted by atomic mass is 35.5. The number of nitrogens with zero attached hydrogens (tertiary/aromatic N) is 1. The highest BCUT2D eigenvalue weighted by Crippen LogP contribution is 2.28. The summed E-state index contributed by atoms with van der Waals surface area (Å²) in [6, 6.07) is 8.88. The number of nitro benzene ring substituents is 1. The van der Waals surface area contributed by atoms with Crippen LogP contribution in [-0.2, 0) is 14.3 Å². The lowest BCUT2D eigenvalue weighted by molar-refractivity contribution is -0.384. The van der Waals surface area contributed by atoms with Gasteiger partial charge in [0, 0.05) is 16.7 Å². The smallest absolute Gasteiger partial charge is 0.329 e. The van der Waals surface area contributed by atoms with E-state index in [0.717, 1.165) is 6.07 Å². The molecule has 0 aliphatic heterocycles. The fourth-order valence-electron chi connectivity index (χ4n) is 2.80. The Hall–Kier alpha value is -3.66. The lowest BCUT2D eigenvalue weighted by Crippen LogP contribution is -2.46. The van der Waals surface area contributed by atoms with Crippen LogP contribution in [0.5, 0.6) is 5.75 Å². The average Bonchev–Trinajstić information content (AvgIpc) is 2.80. The van der Waals surface area contributed by atoms with E-state index in [-0.39, 0.29) is 23.0 Å². The summed E-state index contributed by atoms with van der Waals surface area (Å²) in [5.41, 5.74) is 0.297. The van der Waals surface area contributed by atoms with Crippen LogP contribution in [-0.4, -0.2) is 42.5 Å². The molecule has 0 radical (unpaired) electrons. The fraction of sp³-hybridized carbons (Fsp3) is 0.318. The number of benzene rings is 2. The fourth-order valence-corrected chi connectivity index (χ4v) is 2.93. The minimum absolute atomic E-state index is 0.0802. The highest BCUT2D eigenvalue weighted by Gasteiger charge is 2.28. The van der Waals surface area contributed by atoms with E-state index in [1.54, 1.807) is 19.1 Å². The Morgan fingerprint density at radius 3 is 2.39 bits per heavy atom. The Kier molecular flexibility index (Phi) is 9.17. The second kappa shape index (κ2) is 11.8. The normalized spacial score (nSPS) is 12.2. The summed E-state index contributed by atoms with van der Waals surface area (Å²) in [6.07, 6.45) is 0.576. The Balaban J connectivity index is 2.01. The van der Waals surface area contributed by atoms with Crippen LogP contribution in [0.25, 0.3) is 0 Å². The first kappa shape index (κ1) is 25.6. The zero-order chi connectivity index (χ0) is 24.5. The molecule has 11 heteroatoms. The molecule has 33 heavy (non-hydrogen) atoms. The third-order valence-corrected chi connectivity index (χ3v) is 5.13. The molecule has 10 nitrogen and oxygen atoms in total. The van der Waals surface area contributed by atoms with Crippen LogP contribution in [0.3, 0.4) is 0 Å². The van der Waals surface area contributed by atoms with Crippen molar-refractivity contribution in [2.24, 2.45) is 5.92 Å². The van der Waals surface area contributed by atoms with E-state index < -0.39 is 35.4 Å². The van der Waals surface area contributed by atoms with Gasteiger partial charge in [0.2, 0.25) is 0 Å². The number of nitrogens with one attached hydrogen (secondary N) is 2. The molecule has 0 spiro atoms. The molecule has 0 bridgehead atoms. The van der Waals surface area contributed by atoms with Crippen LogP contribution in [0.4, 0.5) is 11.4 Å². The van der Waals surface area contributed by atoms with Gasteiger partial charge in [0.1, 0.15) is 11.8 Å². The number of esters is 1. The van der Waals surface area contributed by atoms with Gasteiger partial charge in [-0.05, 0) is 36.2 Å². The SMILES string of the molecule is CC[C@H](C)[C@H](NC(=O)c1ccc(Cl)cc1)C(=O)OCC(=O)Nc1ccc([N+](=O)[O-])cc1OC. The van der Waals surface area contributed by atoms with Crippen molar-refractivity contribution in [3.63, 3.8) is 0 Å². The van der Waals surface area contributed by atoms with Crippen molar-refractivity contribution in [1.82, 2.24) is 5.32 Å². The predicted molar refractivity (Wildman–Crippen MR) is 121 cm³/mol. The monoisotopic (exact) mass is 477 g/mol. The van der Waals surface area contributed by atoms with Crippen LogP contribution in [0.15, 0.2) is 42.5 Å². The minimum Gasteiger partial charge on any atom is -0.494 e. The topological polar surface area (TPSA) is 137 Å². The van der Waals surface area contributed by atoms with Crippen molar-refractivity contribution in [2.75, 3.05) is 19.0 Å². The van der Waals surface area contributed by atoms with Gasteiger partial charge in [-0.1, -0.05) is 31.9 Å². The molecule has 0 fully saturated rings. The summed E-state index contributed by atoms with van der Waals surface area (Å²) >= 11 is 5.83. The van der Waals surface area contributed by atoms with Gasteiger partial charge >= 0.3 is 5.97 Å². The number of hydrogen-bond donors (Lipinski definition) is 2. The largest absolute Gasteiger partial charge is 0.494 e. The third-order valence-electron chi connectivity index (χ3n) is 4.88. The van der Waals surface area contributed by atoms with E-state index in [1.807, 2.05) is 6.92 Å². The van der Waals surface area contributed by atoms with Crippen LogP contribution < -0.4 is 15.4 Å². The van der Waals surface area contributed by atoms with E-state index >= 15 is 0 Å². The Morgan fingerprint density at radius 1 is 1.15 bits per heavy atom. The summed E-state index contributed by atoms with van der Waals surface area (Å²) in [6.45, 7) is 3.01. The molecule has 0 saturated carbocycles. The lowest BCUT2D eigenvalue weighted by atomic mass is 9.99. The first-order valence-electron chi connectivity index (χ1n) is 10.0. The standard InChI is InChI=1S/C22H24ClN3O7/c1-4-13(2)20(25-21(28)14-5-7-15(23)8-6-14)22(29)33-12-19(27)24-17-10-9-16(26(30)31)11-18(17)32-3/h5-11,13,20H,4,12H2,1-3H3,(H,24,27)(H,25,28)/t13-,20-/m0/s1. The number of non-ortho nitro benzene ring substituents is 1. The molecule has 0 aliphatic rings. The molecule has 2 N–H and O–H groups in total. The van der Waals surface area contributed by atoms with Crippen LogP contribution in [0, 0.1) is 16.0 Å². The average molecular weight is 478 g/mol. The van der Waals surface area contributed by atoms with Crippen molar-refractivity contribution in [1.29, 1.82) is 0 Å². The zero-order valence-corrected chi connectivity index (χ0v) is 19.0. The van der Waals surface area contributed by atoms with Gasteiger partial charge in [0.05, 0.1) is 23.8 Å². The molecule has 2 aromatic rings. The van der Waals surface area contributed by atoms with E-state index in [1.165, 1.54) is 31.4 Å². The highest BCUT2D eigenvalue weighted by molar-refractivity contribution is 6.30. The Bertz CT molecular complexity index is 1030. The molecular weight excluding hydrogens is 454 g/mol. The minimum atomic E-state index is -0.972. The van der Waals surface area contributed by atoms with Gasteiger partial charge in [0.25, 0.3) is 17.5 Å². The van der Waals surface area contributed by atoms with Crippen molar-refractivity contribution < 1.29 is 28.8 Å². The van der Waals surface area contributed by atoms with Crippen molar-refractivity contribution >= 4 is 40.8 Å². The molecule has 2 aromatic carbocycles. The molecule has 2 atom stereocenters. The summed E-state index contributed by atoms with van der Waals surface area (Å²) in [4.78, 5) is 47.7. The van der Waals surface area contributed by atoms with Gasteiger partial charge in [0.15, 0.2) is 6.61 Å². The van der Waals surface area contributed by atoms with Gasteiger partial charge in [-0.25, -0.2) is 4.79 Å². The number of ether oxygens (including phenoxy) is 2. The maximum Gasteiger partial charge on any atom is 0.329 e. The number of rotatable bonds is 10. The first-order chi connectivity index (χ1) is 15.7. The molecular formula is C22H24ClN3O7. The molecule has 176 valence electrons. The number of carbonyl (C=O) groups is 3. The van der Waals surface area contributed by atoms with E-state index in [2.05, 4.69) is 10.6 Å². The number of carbonyl (C=O) groups excluding carboxylic acids is 3. The number of hydrogen-bond acceptors (Lipinski definition) is 7. The van der Waals surface area contributed by atoms with Gasteiger partial charge in [-0.3, -0.25) is 19.7 Å². The van der Waals surface area contributed by atoms with Crippen LogP contribution in [0.2, 0.25) is 5.02 Å². The van der Waals surface area contributed by atoms with Gasteiger partial charge < -0.3 is 20.1 Å². The van der Waals surface area contributed by atoms with Gasteiger partial charge in [-0.2, -0.15) is 0 Å². The third kappa shape index (κ3) is 7.18. The van der Waals surface area contributed by atoms with Crippen molar-refractivity contribution in [3.05, 3.63) is 63.2 Å². The molecule has 0 aliphatic carbocycles. The molecule has 0 heterocycles. The van der Waals surface area contributed by atoms with Crippen molar-refractivity contribution in [2.45, 2.75) is 26.3 Å². The maximum atomic E-state index is 12.6. The molecule has 2 rings (SSSR count). The summed E-state index contributed by atoms with van der Waals surface area (Å²) in [5, 5.41) is 16.5. The number of amides is 2. The lowest BCUT2D eigenvalue weighted by Gasteiger charge is -2.22. The molecule has 0 saturated heterocycles. The second-order valence-corrected chi connectivity index (χ2v) is 7.58. The maximum absolute atomic E-state index is 12.6. The first-order valence-corrected chi connectivity index (χ1v) is 10.4. The molecule has 2 amide bonds. The molecule has 0 aromatic heterocycles. The van der Waals surface area contributed by atoms with Crippen molar-refractivity contribution in [3.8, 4) is 5.75 Å². The summed E-state index contributed by atoms with van der Waals surface area (Å²) in [5.74, 6) is -2.10. The number of anilines is 1. The van der Waals surface area contributed by atoms with E-state index in [9.17, 15) is 24.5 Å².